The Labute approximate surface area is 145 Å². The van der Waals surface area contributed by atoms with Crippen molar-refractivity contribution in [2.45, 2.75) is 13.3 Å². The summed E-state index contributed by atoms with van der Waals surface area (Å²) in [6.07, 6.45) is 1.84. The molecule has 2 N–H and O–H groups in total. The van der Waals surface area contributed by atoms with E-state index < -0.39 is 0 Å². The van der Waals surface area contributed by atoms with Gasteiger partial charge in [-0.25, -0.2) is 9.37 Å². The van der Waals surface area contributed by atoms with Gasteiger partial charge in [0.25, 0.3) is 0 Å². The number of halogens is 1. The Morgan fingerprint density at radius 1 is 1.08 bits per heavy atom. The quantitative estimate of drug-likeness (QED) is 0.724. The number of rotatable bonds is 5. The number of amides is 1. The van der Waals surface area contributed by atoms with Crippen LogP contribution in [0.5, 0.6) is 0 Å². The largest absolute Gasteiger partial charge is 0.352 e. The first-order valence-corrected chi connectivity index (χ1v) is 7.93. The van der Waals surface area contributed by atoms with Crippen LogP contribution in [0.4, 0.5) is 21.6 Å². The smallest absolute Gasteiger partial charge is 0.229 e. The van der Waals surface area contributed by atoms with Gasteiger partial charge in [-0.05, 0) is 36.8 Å². The number of aromatic nitrogens is 1. The topological polar surface area (TPSA) is 54.0 Å². The Balaban J connectivity index is 1.60. The number of para-hydroxylation sites is 1. The van der Waals surface area contributed by atoms with E-state index >= 15 is 0 Å². The molecular formula is C20H18FN3O. The van der Waals surface area contributed by atoms with Gasteiger partial charge in [0, 0.05) is 0 Å². The number of hydrogen-bond acceptors (Lipinski definition) is 3. The molecule has 1 amide bonds. The predicted octanol–water partition coefficient (Wildman–Crippen LogP) is 4.45. The van der Waals surface area contributed by atoms with E-state index in [1.807, 2.05) is 31.2 Å². The first-order valence-electron chi connectivity index (χ1n) is 7.93. The molecule has 0 unspecified atom stereocenters. The Bertz CT molecular complexity index is 878. The molecule has 25 heavy (non-hydrogen) atoms. The van der Waals surface area contributed by atoms with Crippen molar-refractivity contribution in [2.75, 3.05) is 10.6 Å². The molecule has 0 aliphatic rings. The Kier molecular flexibility index (Phi) is 5.04. The van der Waals surface area contributed by atoms with Gasteiger partial charge in [-0.2, -0.15) is 0 Å². The lowest BCUT2D eigenvalue weighted by Crippen LogP contribution is -2.15. The van der Waals surface area contributed by atoms with Crippen molar-refractivity contribution in [1.29, 1.82) is 0 Å². The Morgan fingerprint density at radius 2 is 1.92 bits per heavy atom. The zero-order valence-corrected chi connectivity index (χ0v) is 13.8. The first-order chi connectivity index (χ1) is 12.1. The molecule has 126 valence electrons. The third kappa shape index (κ3) is 4.64. The fraction of sp³-hybridized carbons (Fsp3) is 0.100. The van der Waals surface area contributed by atoms with E-state index in [0.29, 0.717) is 23.6 Å². The van der Waals surface area contributed by atoms with Crippen LogP contribution in [0.1, 0.15) is 11.1 Å². The lowest BCUT2D eigenvalue weighted by atomic mass is 10.1. The van der Waals surface area contributed by atoms with Crippen LogP contribution in [0.3, 0.4) is 0 Å². The van der Waals surface area contributed by atoms with Crippen LogP contribution < -0.4 is 10.6 Å². The molecule has 1 aromatic heterocycles. The molecule has 0 atom stereocenters. The number of nitrogens with zero attached hydrogens (tertiary/aromatic N) is 1. The second kappa shape index (κ2) is 7.57. The highest BCUT2D eigenvalue weighted by Crippen LogP contribution is 2.19. The lowest BCUT2D eigenvalue weighted by molar-refractivity contribution is -0.115. The normalized spacial score (nSPS) is 10.3. The van der Waals surface area contributed by atoms with Crippen LogP contribution in [-0.2, 0) is 11.2 Å². The van der Waals surface area contributed by atoms with Gasteiger partial charge in [-0.15, -0.1) is 0 Å². The zero-order chi connectivity index (χ0) is 17.6. The molecule has 4 nitrogen and oxygen atoms in total. The maximum absolute atomic E-state index is 13.6. The number of hydrogen-bond donors (Lipinski definition) is 2. The number of pyridine rings is 1. The standard InChI is InChI=1S/C20H18FN3O/c1-14-5-4-6-15(11-14)12-20(25)24-19-10-9-16(13-22-19)23-18-8-3-2-7-17(18)21/h2-11,13,23H,12H2,1H3,(H,22,24,25). The molecule has 1 heterocycles. The highest BCUT2D eigenvalue weighted by Gasteiger charge is 2.06. The monoisotopic (exact) mass is 335 g/mol. The molecular weight excluding hydrogens is 317 g/mol. The second-order valence-corrected chi connectivity index (χ2v) is 5.75. The van der Waals surface area contributed by atoms with Crippen molar-refractivity contribution in [3.05, 3.63) is 83.8 Å². The fourth-order valence-electron chi connectivity index (χ4n) is 2.45. The summed E-state index contributed by atoms with van der Waals surface area (Å²) in [5.74, 6) is -0.0114. The summed E-state index contributed by atoms with van der Waals surface area (Å²) in [5, 5.41) is 5.71. The van der Waals surface area contributed by atoms with Crippen LogP contribution in [0.15, 0.2) is 66.9 Å². The molecule has 3 rings (SSSR count). The molecule has 0 aliphatic carbocycles. The molecule has 0 saturated carbocycles. The van der Waals surface area contributed by atoms with Crippen LogP contribution in [0, 0.1) is 12.7 Å². The third-order valence-electron chi connectivity index (χ3n) is 3.63. The number of nitrogens with one attached hydrogen (secondary N) is 2. The SMILES string of the molecule is Cc1cccc(CC(=O)Nc2ccc(Nc3ccccc3F)cn2)c1. The fourth-order valence-corrected chi connectivity index (χ4v) is 2.45. The summed E-state index contributed by atoms with van der Waals surface area (Å²) >= 11 is 0. The second-order valence-electron chi connectivity index (χ2n) is 5.75. The van der Waals surface area contributed by atoms with Crippen LogP contribution in [-0.4, -0.2) is 10.9 Å². The molecule has 0 saturated heterocycles. The number of benzene rings is 2. The summed E-state index contributed by atoms with van der Waals surface area (Å²) in [4.78, 5) is 16.3. The average Bonchev–Trinajstić information content (AvgIpc) is 2.58. The molecule has 0 aliphatic heterocycles. The maximum Gasteiger partial charge on any atom is 0.229 e. The van der Waals surface area contributed by atoms with Crippen molar-refractivity contribution in [3.63, 3.8) is 0 Å². The van der Waals surface area contributed by atoms with E-state index in [1.54, 1.807) is 36.5 Å². The van der Waals surface area contributed by atoms with Crippen molar-refractivity contribution < 1.29 is 9.18 Å². The van der Waals surface area contributed by atoms with Gasteiger partial charge in [0.2, 0.25) is 5.91 Å². The third-order valence-corrected chi connectivity index (χ3v) is 3.63. The van der Waals surface area contributed by atoms with E-state index in [-0.39, 0.29) is 11.7 Å². The lowest BCUT2D eigenvalue weighted by Gasteiger charge is -2.09. The van der Waals surface area contributed by atoms with E-state index in [0.717, 1.165) is 11.1 Å². The van der Waals surface area contributed by atoms with Gasteiger partial charge in [0.15, 0.2) is 0 Å². The zero-order valence-electron chi connectivity index (χ0n) is 13.8. The minimum Gasteiger partial charge on any atom is -0.352 e. The Hall–Kier alpha value is -3.21. The minimum atomic E-state index is -0.335. The van der Waals surface area contributed by atoms with E-state index in [4.69, 9.17) is 0 Å². The first kappa shape index (κ1) is 16.6. The summed E-state index contributed by atoms with van der Waals surface area (Å²) in [6.45, 7) is 1.99. The van der Waals surface area contributed by atoms with Crippen molar-refractivity contribution in [1.82, 2.24) is 4.98 Å². The van der Waals surface area contributed by atoms with Gasteiger partial charge in [-0.1, -0.05) is 42.0 Å². The molecule has 3 aromatic rings. The number of aryl methyl sites for hydroxylation is 1. The number of carbonyl (C=O) groups is 1. The Morgan fingerprint density at radius 3 is 2.64 bits per heavy atom. The molecule has 2 aromatic carbocycles. The summed E-state index contributed by atoms with van der Waals surface area (Å²) in [7, 11) is 0. The molecule has 0 bridgehead atoms. The van der Waals surface area contributed by atoms with E-state index in [9.17, 15) is 9.18 Å². The highest BCUT2D eigenvalue weighted by molar-refractivity contribution is 5.91. The molecule has 0 spiro atoms. The van der Waals surface area contributed by atoms with Crippen molar-refractivity contribution in [3.8, 4) is 0 Å². The number of anilines is 3. The highest BCUT2D eigenvalue weighted by atomic mass is 19.1. The molecule has 0 radical (unpaired) electrons. The maximum atomic E-state index is 13.6. The van der Waals surface area contributed by atoms with Gasteiger partial charge in [0.1, 0.15) is 11.6 Å². The van der Waals surface area contributed by atoms with Crippen molar-refractivity contribution in [2.24, 2.45) is 0 Å². The predicted molar refractivity (Wildman–Crippen MR) is 97.4 cm³/mol. The van der Waals surface area contributed by atoms with Gasteiger partial charge in [0.05, 0.1) is 24.0 Å². The molecule has 5 heteroatoms. The summed E-state index contributed by atoms with van der Waals surface area (Å²) in [5.41, 5.74) is 3.09. The van der Waals surface area contributed by atoms with E-state index in [1.165, 1.54) is 6.07 Å². The van der Waals surface area contributed by atoms with Crippen LogP contribution >= 0.6 is 0 Å². The van der Waals surface area contributed by atoms with Crippen molar-refractivity contribution >= 4 is 23.1 Å². The van der Waals surface area contributed by atoms with Crippen LogP contribution in [0.25, 0.3) is 0 Å². The number of carbonyl (C=O) groups excluding carboxylic acids is 1. The van der Waals surface area contributed by atoms with Gasteiger partial charge < -0.3 is 10.6 Å². The molecule has 0 fully saturated rings. The van der Waals surface area contributed by atoms with Gasteiger partial charge >= 0.3 is 0 Å². The van der Waals surface area contributed by atoms with Crippen LogP contribution in [0.2, 0.25) is 0 Å². The summed E-state index contributed by atoms with van der Waals surface area (Å²) in [6, 6.07) is 17.6. The van der Waals surface area contributed by atoms with E-state index in [2.05, 4.69) is 15.6 Å². The average molecular weight is 335 g/mol. The minimum absolute atomic E-state index is 0.132. The summed E-state index contributed by atoms with van der Waals surface area (Å²) < 4.78 is 13.6. The van der Waals surface area contributed by atoms with Gasteiger partial charge in [-0.3, -0.25) is 4.79 Å².